The van der Waals surface area contributed by atoms with Crippen LogP contribution >= 0.6 is 11.6 Å². The van der Waals surface area contributed by atoms with Crippen LogP contribution in [0.25, 0.3) is 0 Å². The van der Waals surface area contributed by atoms with Crippen molar-refractivity contribution in [3.05, 3.63) is 34.9 Å². The molecule has 15 heavy (non-hydrogen) atoms. The third kappa shape index (κ3) is 4.65. The highest BCUT2D eigenvalue weighted by atomic mass is 35.5. The van der Waals surface area contributed by atoms with Gasteiger partial charge in [0, 0.05) is 5.02 Å². The summed E-state index contributed by atoms with van der Waals surface area (Å²) in [5, 5.41) is 0.747. The normalized spacial score (nSPS) is 13.9. The third-order valence-electron chi connectivity index (χ3n) is 1.89. The van der Waals surface area contributed by atoms with Crippen molar-refractivity contribution in [1.29, 1.82) is 0 Å². The van der Waals surface area contributed by atoms with Crippen molar-refractivity contribution >= 4 is 11.6 Å². The monoisotopic (exact) mass is 227 g/mol. The van der Waals surface area contributed by atoms with Gasteiger partial charge in [0.15, 0.2) is 0 Å². The summed E-state index contributed by atoms with van der Waals surface area (Å²) < 4.78 is 0. The highest BCUT2D eigenvalue weighted by Crippen LogP contribution is 2.18. The smallest absolute Gasteiger partial charge is 0.0813 e. The number of halogens is 1. The molecule has 0 saturated carbocycles. The van der Waals surface area contributed by atoms with Crippen molar-refractivity contribution < 1.29 is 4.84 Å². The van der Waals surface area contributed by atoms with E-state index in [1.807, 2.05) is 52.0 Å². The van der Waals surface area contributed by atoms with Crippen molar-refractivity contribution in [2.75, 3.05) is 0 Å². The average Bonchev–Trinajstić information content (AvgIpc) is 2.13. The molecule has 0 aromatic heterocycles. The molecule has 0 aliphatic heterocycles. The summed E-state index contributed by atoms with van der Waals surface area (Å²) in [6.07, 6.45) is 0. The summed E-state index contributed by atoms with van der Waals surface area (Å²) in [4.78, 5) is 5.49. The number of hydrogen-bond acceptors (Lipinski definition) is 2. The first kappa shape index (κ1) is 12.5. The molecule has 3 heteroatoms. The van der Waals surface area contributed by atoms with E-state index in [1.165, 1.54) is 0 Å². The van der Waals surface area contributed by atoms with Crippen LogP contribution in [-0.4, -0.2) is 5.60 Å². The van der Waals surface area contributed by atoms with Crippen LogP contribution < -0.4 is 5.48 Å². The summed E-state index contributed by atoms with van der Waals surface area (Å²) in [7, 11) is 0. The summed E-state index contributed by atoms with van der Waals surface area (Å²) in [6, 6.07) is 7.89. The molecule has 1 rings (SSSR count). The highest BCUT2D eigenvalue weighted by Gasteiger charge is 2.13. The van der Waals surface area contributed by atoms with E-state index in [1.54, 1.807) is 0 Å². The average molecular weight is 228 g/mol. The molecule has 1 aromatic carbocycles. The lowest BCUT2D eigenvalue weighted by atomic mass is 10.1. The zero-order valence-electron chi connectivity index (χ0n) is 9.67. The lowest BCUT2D eigenvalue weighted by Gasteiger charge is -2.23. The van der Waals surface area contributed by atoms with Crippen LogP contribution in [0.3, 0.4) is 0 Å². The first-order valence-electron chi connectivity index (χ1n) is 5.07. The minimum Gasteiger partial charge on any atom is -0.296 e. The Labute approximate surface area is 96.5 Å². The number of hydrogen-bond donors (Lipinski definition) is 1. The van der Waals surface area contributed by atoms with E-state index in [0.717, 1.165) is 10.6 Å². The van der Waals surface area contributed by atoms with Crippen LogP contribution in [0.5, 0.6) is 0 Å². The molecule has 1 atom stereocenters. The maximum atomic E-state index is 5.91. The standard InChI is InChI=1S/C12H18ClNO/c1-9(14-15-12(2,3)4)10-6-5-7-11(13)8-10/h5-9,14H,1-4H3. The summed E-state index contributed by atoms with van der Waals surface area (Å²) in [6.45, 7) is 8.05. The van der Waals surface area contributed by atoms with Gasteiger partial charge < -0.3 is 0 Å². The van der Waals surface area contributed by atoms with E-state index in [2.05, 4.69) is 5.48 Å². The zero-order chi connectivity index (χ0) is 11.5. The van der Waals surface area contributed by atoms with Crippen molar-refractivity contribution in [3.63, 3.8) is 0 Å². The molecule has 0 aliphatic rings. The van der Waals surface area contributed by atoms with Gasteiger partial charge in [0.2, 0.25) is 0 Å². The zero-order valence-corrected chi connectivity index (χ0v) is 10.4. The fourth-order valence-electron chi connectivity index (χ4n) is 1.11. The van der Waals surface area contributed by atoms with Crippen molar-refractivity contribution in [3.8, 4) is 0 Å². The maximum Gasteiger partial charge on any atom is 0.0813 e. The number of benzene rings is 1. The van der Waals surface area contributed by atoms with E-state index in [4.69, 9.17) is 16.4 Å². The van der Waals surface area contributed by atoms with Crippen molar-refractivity contribution in [1.82, 2.24) is 5.48 Å². The van der Waals surface area contributed by atoms with E-state index in [9.17, 15) is 0 Å². The fourth-order valence-corrected chi connectivity index (χ4v) is 1.31. The van der Waals surface area contributed by atoms with Gasteiger partial charge in [0.1, 0.15) is 0 Å². The van der Waals surface area contributed by atoms with Gasteiger partial charge in [-0.25, -0.2) is 0 Å². The van der Waals surface area contributed by atoms with Crippen molar-refractivity contribution in [2.24, 2.45) is 0 Å². The molecule has 0 aliphatic carbocycles. The predicted octanol–water partition coefficient (Wildman–Crippen LogP) is 3.72. The Bertz CT molecular complexity index is 320. The Balaban J connectivity index is 2.58. The largest absolute Gasteiger partial charge is 0.296 e. The highest BCUT2D eigenvalue weighted by molar-refractivity contribution is 6.30. The summed E-state index contributed by atoms with van der Waals surface area (Å²) >= 11 is 5.91. The van der Waals surface area contributed by atoms with Crippen LogP contribution in [0.15, 0.2) is 24.3 Å². The second kappa shape index (κ2) is 4.97. The SMILES string of the molecule is CC(NOC(C)(C)C)c1cccc(Cl)c1. The molecule has 0 amide bonds. The van der Waals surface area contributed by atoms with Gasteiger partial charge >= 0.3 is 0 Å². The minimum atomic E-state index is -0.188. The van der Waals surface area contributed by atoms with Gasteiger partial charge in [-0.3, -0.25) is 4.84 Å². The number of rotatable bonds is 3. The summed E-state index contributed by atoms with van der Waals surface area (Å²) in [5.74, 6) is 0. The minimum absolute atomic E-state index is 0.128. The molecule has 0 saturated heterocycles. The Hall–Kier alpha value is -0.570. The molecular weight excluding hydrogens is 210 g/mol. The lowest BCUT2D eigenvalue weighted by molar-refractivity contribution is -0.0866. The van der Waals surface area contributed by atoms with Crippen LogP contribution in [0.1, 0.15) is 39.3 Å². The van der Waals surface area contributed by atoms with Crippen LogP contribution in [0.2, 0.25) is 5.02 Å². The maximum absolute atomic E-state index is 5.91. The van der Waals surface area contributed by atoms with Gasteiger partial charge in [-0.15, -0.1) is 0 Å². The quantitative estimate of drug-likeness (QED) is 0.795. The van der Waals surface area contributed by atoms with E-state index in [-0.39, 0.29) is 11.6 Å². The third-order valence-corrected chi connectivity index (χ3v) is 2.13. The van der Waals surface area contributed by atoms with Gasteiger partial charge in [-0.05, 0) is 45.4 Å². The second-order valence-corrected chi connectivity index (χ2v) is 5.05. The first-order valence-corrected chi connectivity index (χ1v) is 5.45. The number of hydroxylamine groups is 1. The van der Waals surface area contributed by atoms with Crippen LogP contribution in [-0.2, 0) is 4.84 Å². The molecular formula is C12H18ClNO. The van der Waals surface area contributed by atoms with Gasteiger partial charge in [0.25, 0.3) is 0 Å². The summed E-state index contributed by atoms with van der Waals surface area (Å²) in [5.41, 5.74) is 3.94. The van der Waals surface area contributed by atoms with Crippen LogP contribution in [0, 0.1) is 0 Å². The fraction of sp³-hybridized carbons (Fsp3) is 0.500. The molecule has 1 aromatic rings. The molecule has 0 spiro atoms. The Morgan fingerprint density at radius 2 is 2.00 bits per heavy atom. The molecule has 0 radical (unpaired) electrons. The molecule has 1 unspecified atom stereocenters. The molecule has 0 bridgehead atoms. The molecule has 0 fully saturated rings. The van der Waals surface area contributed by atoms with Crippen molar-refractivity contribution in [2.45, 2.75) is 39.3 Å². The van der Waals surface area contributed by atoms with Crippen LogP contribution in [0.4, 0.5) is 0 Å². The topological polar surface area (TPSA) is 21.3 Å². The first-order chi connectivity index (χ1) is 6.88. The van der Waals surface area contributed by atoms with E-state index in [0.29, 0.717) is 0 Å². The Kier molecular flexibility index (Phi) is 4.14. The van der Waals surface area contributed by atoms with Gasteiger partial charge in [-0.2, -0.15) is 5.48 Å². The molecule has 1 N–H and O–H groups in total. The van der Waals surface area contributed by atoms with Gasteiger partial charge in [0.05, 0.1) is 11.6 Å². The number of nitrogens with one attached hydrogen (secondary N) is 1. The molecule has 2 nitrogen and oxygen atoms in total. The van der Waals surface area contributed by atoms with E-state index < -0.39 is 0 Å². The molecule has 0 heterocycles. The molecule has 84 valence electrons. The Morgan fingerprint density at radius 3 is 2.53 bits per heavy atom. The predicted molar refractivity (Wildman–Crippen MR) is 63.8 cm³/mol. The van der Waals surface area contributed by atoms with Gasteiger partial charge in [-0.1, -0.05) is 23.7 Å². The van der Waals surface area contributed by atoms with E-state index >= 15 is 0 Å². The second-order valence-electron chi connectivity index (χ2n) is 4.61. The lowest BCUT2D eigenvalue weighted by Crippen LogP contribution is -2.30. The Morgan fingerprint density at radius 1 is 1.33 bits per heavy atom.